The van der Waals surface area contributed by atoms with Crippen LogP contribution in [0.1, 0.15) is 12.6 Å². The summed E-state index contributed by atoms with van der Waals surface area (Å²) in [5.41, 5.74) is 2.02. The summed E-state index contributed by atoms with van der Waals surface area (Å²) in [6.07, 6.45) is 0. The smallest absolute Gasteiger partial charge is 0.310 e. The molecule has 3 rings (SSSR count). The first-order chi connectivity index (χ1) is 13.5. The number of nitrogens with one attached hydrogen (secondary N) is 1. The molecule has 1 aromatic carbocycles. The van der Waals surface area contributed by atoms with E-state index in [1.165, 1.54) is 7.11 Å². The van der Waals surface area contributed by atoms with E-state index in [1.807, 2.05) is 29.6 Å². The van der Waals surface area contributed by atoms with E-state index < -0.39 is 0 Å². The van der Waals surface area contributed by atoms with E-state index in [1.54, 1.807) is 25.5 Å². The SMILES string of the molecule is CN=C(NCc1csc(-c2ccc(OC)cc2)n1)N1CC(C)C(C(=O)OC)C1.I. The van der Waals surface area contributed by atoms with Gasteiger partial charge in [-0.25, -0.2) is 4.98 Å². The van der Waals surface area contributed by atoms with Crippen LogP contribution in [-0.2, 0) is 16.1 Å². The molecule has 0 amide bonds. The molecule has 1 aromatic heterocycles. The van der Waals surface area contributed by atoms with Crippen LogP contribution in [0.5, 0.6) is 5.75 Å². The number of hydrogen-bond acceptors (Lipinski definition) is 6. The number of esters is 1. The first-order valence-electron chi connectivity index (χ1n) is 9.18. The summed E-state index contributed by atoms with van der Waals surface area (Å²) < 4.78 is 10.1. The van der Waals surface area contributed by atoms with Crippen LogP contribution in [-0.4, -0.2) is 56.2 Å². The van der Waals surface area contributed by atoms with Gasteiger partial charge in [-0.2, -0.15) is 0 Å². The Labute approximate surface area is 192 Å². The van der Waals surface area contributed by atoms with Crippen LogP contribution in [0.3, 0.4) is 0 Å². The maximum Gasteiger partial charge on any atom is 0.310 e. The highest BCUT2D eigenvalue weighted by molar-refractivity contribution is 14.0. The number of guanidine groups is 1. The van der Waals surface area contributed by atoms with Crippen LogP contribution >= 0.6 is 35.3 Å². The molecule has 2 unspecified atom stereocenters. The molecule has 1 N–H and O–H groups in total. The molecule has 1 saturated heterocycles. The summed E-state index contributed by atoms with van der Waals surface area (Å²) in [5.74, 6) is 1.55. The number of carbonyl (C=O) groups is 1. The van der Waals surface area contributed by atoms with Gasteiger partial charge in [-0.1, -0.05) is 6.92 Å². The molecule has 7 nitrogen and oxygen atoms in total. The lowest BCUT2D eigenvalue weighted by atomic mass is 9.99. The Balaban J connectivity index is 0.00000300. The van der Waals surface area contributed by atoms with Gasteiger partial charge in [-0.3, -0.25) is 9.79 Å². The Morgan fingerprint density at radius 1 is 1.31 bits per heavy atom. The summed E-state index contributed by atoms with van der Waals surface area (Å²) in [4.78, 5) is 23.1. The normalized spacial score (nSPS) is 18.9. The fraction of sp³-hybridized carbons (Fsp3) is 0.450. The molecular weight excluding hydrogens is 503 g/mol. The quantitative estimate of drug-likeness (QED) is 0.277. The fourth-order valence-electron chi connectivity index (χ4n) is 3.35. The van der Waals surface area contributed by atoms with Crippen LogP contribution in [0.4, 0.5) is 0 Å². The van der Waals surface area contributed by atoms with E-state index in [0.717, 1.165) is 34.5 Å². The summed E-state index contributed by atoms with van der Waals surface area (Å²) in [6.45, 7) is 4.03. The molecule has 0 saturated carbocycles. The molecule has 158 valence electrons. The number of carbonyl (C=O) groups excluding carboxylic acids is 1. The number of hydrogen-bond donors (Lipinski definition) is 1. The lowest BCUT2D eigenvalue weighted by Gasteiger charge is -2.21. The van der Waals surface area contributed by atoms with E-state index in [-0.39, 0.29) is 41.8 Å². The molecule has 0 radical (unpaired) electrons. The third-order valence-corrected chi connectivity index (χ3v) is 5.88. The molecular formula is C20H27IN4O3S. The van der Waals surface area contributed by atoms with Gasteiger partial charge in [0.2, 0.25) is 0 Å². The second-order valence-corrected chi connectivity index (χ2v) is 7.64. The van der Waals surface area contributed by atoms with Crippen LogP contribution in [0, 0.1) is 11.8 Å². The number of halogens is 1. The van der Waals surface area contributed by atoms with E-state index >= 15 is 0 Å². The number of nitrogens with zero attached hydrogens (tertiary/aromatic N) is 3. The molecule has 9 heteroatoms. The van der Waals surface area contributed by atoms with Crippen LogP contribution < -0.4 is 10.1 Å². The Kier molecular flexibility index (Phi) is 8.69. The van der Waals surface area contributed by atoms with Crippen molar-refractivity contribution in [3.05, 3.63) is 35.3 Å². The van der Waals surface area contributed by atoms with Gasteiger partial charge in [0.1, 0.15) is 10.8 Å². The third kappa shape index (κ3) is 5.59. The highest BCUT2D eigenvalue weighted by Gasteiger charge is 2.36. The van der Waals surface area contributed by atoms with Crippen molar-refractivity contribution in [1.82, 2.24) is 15.2 Å². The number of aliphatic imine (C=N–C) groups is 1. The van der Waals surface area contributed by atoms with E-state index in [0.29, 0.717) is 13.1 Å². The van der Waals surface area contributed by atoms with Crippen LogP contribution in [0.2, 0.25) is 0 Å². The molecule has 1 aliphatic heterocycles. The largest absolute Gasteiger partial charge is 0.497 e. The highest BCUT2D eigenvalue weighted by atomic mass is 127. The molecule has 0 bridgehead atoms. The van der Waals surface area contributed by atoms with Crippen molar-refractivity contribution in [2.45, 2.75) is 13.5 Å². The average Bonchev–Trinajstić information content (AvgIpc) is 3.35. The number of ether oxygens (including phenoxy) is 2. The Hall–Kier alpha value is -1.88. The van der Waals surface area contributed by atoms with Crippen molar-refractivity contribution in [2.75, 3.05) is 34.4 Å². The first-order valence-corrected chi connectivity index (χ1v) is 10.1. The van der Waals surface area contributed by atoms with E-state index in [2.05, 4.69) is 22.1 Å². The molecule has 0 aliphatic carbocycles. The van der Waals surface area contributed by atoms with Crippen LogP contribution in [0.25, 0.3) is 10.6 Å². The third-order valence-electron chi connectivity index (χ3n) is 4.94. The van der Waals surface area contributed by atoms with Crippen LogP contribution in [0.15, 0.2) is 34.6 Å². The predicted octanol–water partition coefficient (Wildman–Crippen LogP) is 3.25. The lowest BCUT2D eigenvalue weighted by molar-refractivity contribution is -0.145. The standard InChI is InChI=1S/C20H26N4O3S.HI/c1-13-10-24(11-17(13)19(25)27-4)20(21-2)22-9-15-12-28-18(23-15)14-5-7-16(26-3)8-6-14;/h5-8,12-13,17H,9-11H2,1-4H3,(H,21,22);1H. The second kappa shape index (κ2) is 10.8. The van der Waals surface area contributed by atoms with Gasteiger partial charge >= 0.3 is 5.97 Å². The second-order valence-electron chi connectivity index (χ2n) is 6.79. The number of rotatable bonds is 5. The van der Waals surface area contributed by atoms with Crippen molar-refractivity contribution in [2.24, 2.45) is 16.8 Å². The van der Waals surface area contributed by atoms with Gasteiger partial charge in [0.05, 0.1) is 32.4 Å². The zero-order valence-corrected chi connectivity index (χ0v) is 20.2. The van der Waals surface area contributed by atoms with Crippen molar-refractivity contribution in [1.29, 1.82) is 0 Å². The number of methoxy groups -OCH3 is 2. The van der Waals surface area contributed by atoms with Crippen molar-refractivity contribution < 1.29 is 14.3 Å². The Morgan fingerprint density at radius 3 is 2.66 bits per heavy atom. The molecule has 0 spiro atoms. The van der Waals surface area contributed by atoms with Gasteiger partial charge < -0.3 is 19.7 Å². The van der Waals surface area contributed by atoms with Gasteiger partial charge in [-0.05, 0) is 30.2 Å². The first kappa shape index (κ1) is 23.4. The summed E-state index contributed by atoms with van der Waals surface area (Å²) in [6, 6.07) is 7.88. The van der Waals surface area contributed by atoms with Gasteiger partial charge in [0.25, 0.3) is 0 Å². The Bertz CT molecular complexity index is 841. The number of likely N-dealkylation sites (tertiary alicyclic amines) is 1. The molecule has 29 heavy (non-hydrogen) atoms. The van der Waals surface area contributed by atoms with Crippen molar-refractivity contribution in [3.63, 3.8) is 0 Å². The molecule has 1 fully saturated rings. The summed E-state index contributed by atoms with van der Waals surface area (Å²) in [5, 5.41) is 6.37. The number of benzene rings is 1. The zero-order valence-electron chi connectivity index (χ0n) is 17.0. The highest BCUT2D eigenvalue weighted by Crippen LogP contribution is 2.26. The number of thiazole rings is 1. The van der Waals surface area contributed by atoms with Gasteiger partial charge in [0.15, 0.2) is 5.96 Å². The average molecular weight is 530 g/mol. The van der Waals surface area contributed by atoms with Gasteiger partial charge in [-0.15, -0.1) is 35.3 Å². The zero-order chi connectivity index (χ0) is 20.1. The Morgan fingerprint density at radius 2 is 2.03 bits per heavy atom. The summed E-state index contributed by atoms with van der Waals surface area (Å²) >= 11 is 1.61. The fourth-order valence-corrected chi connectivity index (χ4v) is 4.18. The van der Waals surface area contributed by atoms with Crippen molar-refractivity contribution >= 4 is 47.2 Å². The minimum absolute atomic E-state index is 0. The van der Waals surface area contributed by atoms with E-state index in [9.17, 15) is 4.79 Å². The summed E-state index contributed by atoms with van der Waals surface area (Å²) in [7, 11) is 4.85. The topological polar surface area (TPSA) is 76.1 Å². The lowest BCUT2D eigenvalue weighted by Crippen LogP contribution is -2.40. The maximum atomic E-state index is 11.9. The molecule has 1 aliphatic rings. The minimum atomic E-state index is -0.158. The monoisotopic (exact) mass is 530 g/mol. The minimum Gasteiger partial charge on any atom is -0.497 e. The molecule has 2 aromatic rings. The molecule has 2 heterocycles. The predicted molar refractivity (Wildman–Crippen MR) is 126 cm³/mol. The molecule has 2 atom stereocenters. The van der Waals surface area contributed by atoms with Crippen molar-refractivity contribution in [3.8, 4) is 16.3 Å². The number of aromatic nitrogens is 1. The maximum absolute atomic E-state index is 11.9. The van der Waals surface area contributed by atoms with E-state index in [4.69, 9.17) is 14.5 Å². The van der Waals surface area contributed by atoms with Gasteiger partial charge in [0, 0.05) is 31.1 Å².